The summed E-state index contributed by atoms with van der Waals surface area (Å²) in [5.41, 5.74) is 5.70. The van der Waals surface area contributed by atoms with Crippen LogP contribution in [0.5, 0.6) is 0 Å². The van der Waals surface area contributed by atoms with Crippen LogP contribution in [0.15, 0.2) is 18.2 Å². The Morgan fingerprint density at radius 1 is 1.38 bits per heavy atom. The standard InChI is InChI=1S/C14H18N2/c1-3-10-5-4-6-11-13-9(2)7-15-8-12(13)16-14(10)11/h4-6,9,15-16H,3,7-8H2,1-2H3. The monoisotopic (exact) mass is 214 g/mol. The molecule has 2 heterocycles. The van der Waals surface area contributed by atoms with Gasteiger partial charge in [0.15, 0.2) is 0 Å². The molecule has 2 aromatic rings. The van der Waals surface area contributed by atoms with Crippen molar-refractivity contribution in [1.29, 1.82) is 0 Å². The van der Waals surface area contributed by atoms with Crippen LogP contribution in [0.25, 0.3) is 10.9 Å². The van der Waals surface area contributed by atoms with Gasteiger partial charge in [-0.05, 0) is 23.5 Å². The first-order valence-electron chi connectivity index (χ1n) is 6.14. The third-order valence-electron chi connectivity index (χ3n) is 3.67. The average Bonchev–Trinajstić information content (AvgIpc) is 2.68. The highest BCUT2D eigenvalue weighted by atomic mass is 14.9. The second kappa shape index (κ2) is 3.63. The molecule has 2 N–H and O–H groups in total. The summed E-state index contributed by atoms with van der Waals surface area (Å²) >= 11 is 0. The van der Waals surface area contributed by atoms with E-state index >= 15 is 0 Å². The maximum absolute atomic E-state index is 3.60. The van der Waals surface area contributed by atoms with E-state index < -0.39 is 0 Å². The number of hydrogen-bond donors (Lipinski definition) is 2. The molecule has 0 spiro atoms. The van der Waals surface area contributed by atoms with Crippen LogP contribution in [0.1, 0.15) is 36.6 Å². The molecule has 1 aliphatic heterocycles. The molecule has 1 aliphatic rings. The quantitative estimate of drug-likeness (QED) is 0.750. The van der Waals surface area contributed by atoms with Gasteiger partial charge >= 0.3 is 0 Å². The maximum Gasteiger partial charge on any atom is 0.0491 e. The molecule has 0 radical (unpaired) electrons. The number of benzene rings is 1. The van der Waals surface area contributed by atoms with Gasteiger partial charge in [-0.25, -0.2) is 0 Å². The summed E-state index contributed by atoms with van der Waals surface area (Å²) < 4.78 is 0. The van der Waals surface area contributed by atoms with E-state index in [0.717, 1.165) is 19.5 Å². The SMILES string of the molecule is CCc1cccc2c3c([nH]c12)CNCC3C. The smallest absolute Gasteiger partial charge is 0.0491 e. The zero-order chi connectivity index (χ0) is 11.1. The molecule has 1 unspecified atom stereocenters. The van der Waals surface area contributed by atoms with Crippen LogP contribution in [0.4, 0.5) is 0 Å². The third-order valence-corrected chi connectivity index (χ3v) is 3.67. The van der Waals surface area contributed by atoms with Crippen LogP contribution in [0.2, 0.25) is 0 Å². The fraction of sp³-hybridized carbons (Fsp3) is 0.429. The molecule has 0 bridgehead atoms. The second-order valence-corrected chi connectivity index (χ2v) is 4.74. The first-order chi connectivity index (χ1) is 7.81. The van der Waals surface area contributed by atoms with Gasteiger partial charge in [0.05, 0.1) is 0 Å². The summed E-state index contributed by atoms with van der Waals surface area (Å²) in [5, 5.41) is 4.89. The first kappa shape index (κ1) is 9.91. The minimum atomic E-state index is 0.615. The van der Waals surface area contributed by atoms with Crippen LogP contribution in [-0.2, 0) is 13.0 Å². The highest BCUT2D eigenvalue weighted by Gasteiger charge is 2.21. The van der Waals surface area contributed by atoms with E-state index in [9.17, 15) is 0 Å². The van der Waals surface area contributed by atoms with Crippen LogP contribution in [-0.4, -0.2) is 11.5 Å². The average molecular weight is 214 g/mol. The number of aromatic amines is 1. The Labute approximate surface area is 96.1 Å². The van der Waals surface area contributed by atoms with E-state index in [0.29, 0.717) is 5.92 Å². The Morgan fingerprint density at radius 3 is 3.06 bits per heavy atom. The predicted molar refractivity (Wildman–Crippen MR) is 67.8 cm³/mol. The van der Waals surface area contributed by atoms with Gasteiger partial charge in [-0.1, -0.05) is 32.0 Å². The zero-order valence-electron chi connectivity index (χ0n) is 9.93. The molecular weight excluding hydrogens is 196 g/mol. The number of fused-ring (bicyclic) bond motifs is 3. The Morgan fingerprint density at radius 2 is 2.25 bits per heavy atom. The molecule has 0 aliphatic carbocycles. The second-order valence-electron chi connectivity index (χ2n) is 4.74. The Balaban J connectivity index is 2.32. The molecule has 84 valence electrons. The van der Waals surface area contributed by atoms with Gasteiger partial charge in [-0.3, -0.25) is 0 Å². The Hall–Kier alpha value is -1.28. The van der Waals surface area contributed by atoms with Crippen molar-refractivity contribution in [2.75, 3.05) is 6.54 Å². The summed E-state index contributed by atoms with van der Waals surface area (Å²) in [4.78, 5) is 3.60. The number of aromatic nitrogens is 1. The number of H-pyrrole nitrogens is 1. The van der Waals surface area contributed by atoms with Crippen molar-refractivity contribution in [3.63, 3.8) is 0 Å². The summed E-state index contributed by atoms with van der Waals surface area (Å²) in [7, 11) is 0. The minimum absolute atomic E-state index is 0.615. The normalized spacial score (nSPS) is 20.0. The summed E-state index contributed by atoms with van der Waals surface area (Å²) in [6, 6.07) is 6.66. The van der Waals surface area contributed by atoms with E-state index in [4.69, 9.17) is 0 Å². The van der Waals surface area contributed by atoms with E-state index in [2.05, 4.69) is 42.3 Å². The summed E-state index contributed by atoms with van der Waals surface area (Å²) in [5.74, 6) is 0.615. The van der Waals surface area contributed by atoms with Crippen LogP contribution in [0.3, 0.4) is 0 Å². The fourth-order valence-corrected chi connectivity index (χ4v) is 2.87. The van der Waals surface area contributed by atoms with Gasteiger partial charge in [0, 0.05) is 29.7 Å². The lowest BCUT2D eigenvalue weighted by atomic mass is 9.94. The first-order valence-corrected chi connectivity index (χ1v) is 6.14. The number of hydrogen-bond acceptors (Lipinski definition) is 1. The molecular formula is C14H18N2. The number of aryl methyl sites for hydroxylation is 1. The molecule has 16 heavy (non-hydrogen) atoms. The van der Waals surface area contributed by atoms with Crippen molar-refractivity contribution in [2.24, 2.45) is 0 Å². The van der Waals surface area contributed by atoms with E-state index in [-0.39, 0.29) is 0 Å². The predicted octanol–water partition coefficient (Wildman–Crippen LogP) is 2.94. The van der Waals surface area contributed by atoms with Crippen molar-refractivity contribution in [3.8, 4) is 0 Å². The highest BCUT2D eigenvalue weighted by molar-refractivity contribution is 5.88. The van der Waals surface area contributed by atoms with Gasteiger partial charge in [-0.2, -0.15) is 0 Å². The molecule has 2 heteroatoms. The van der Waals surface area contributed by atoms with Gasteiger partial charge in [0.1, 0.15) is 0 Å². The number of nitrogens with one attached hydrogen (secondary N) is 2. The van der Waals surface area contributed by atoms with Gasteiger partial charge in [-0.15, -0.1) is 0 Å². The minimum Gasteiger partial charge on any atom is -0.357 e. The van der Waals surface area contributed by atoms with Crippen molar-refractivity contribution >= 4 is 10.9 Å². The molecule has 1 atom stereocenters. The van der Waals surface area contributed by atoms with Crippen molar-refractivity contribution in [1.82, 2.24) is 10.3 Å². The zero-order valence-corrected chi connectivity index (χ0v) is 9.93. The van der Waals surface area contributed by atoms with Crippen LogP contribution < -0.4 is 5.32 Å². The van der Waals surface area contributed by atoms with Crippen molar-refractivity contribution in [3.05, 3.63) is 35.0 Å². The van der Waals surface area contributed by atoms with Gasteiger partial charge in [0.25, 0.3) is 0 Å². The lowest BCUT2D eigenvalue weighted by molar-refractivity contribution is 0.568. The van der Waals surface area contributed by atoms with E-state index in [1.54, 1.807) is 0 Å². The Kier molecular flexibility index (Phi) is 2.25. The third kappa shape index (κ3) is 1.30. The summed E-state index contributed by atoms with van der Waals surface area (Å²) in [6.07, 6.45) is 1.10. The molecule has 0 saturated carbocycles. The summed E-state index contributed by atoms with van der Waals surface area (Å²) in [6.45, 7) is 6.60. The fourth-order valence-electron chi connectivity index (χ4n) is 2.87. The Bertz CT molecular complexity index is 525. The van der Waals surface area contributed by atoms with Crippen molar-refractivity contribution in [2.45, 2.75) is 32.7 Å². The van der Waals surface area contributed by atoms with Crippen LogP contribution in [0, 0.1) is 0 Å². The molecule has 3 rings (SSSR count). The lowest BCUT2D eigenvalue weighted by Gasteiger charge is -2.20. The molecule has 0 fully saturated rings. The maximum atomic E-state index is 3.60. The molecule has 0 amide bonds. The lowest BCUT2D eigenvalue weighted by Crippen LogP contribution is -2.26. The molecule has 1 aromatic carbocycles. The number of para-hydroxylation sites is 1. The number of rotatable bonds is 1. The molecule has 2 nitrogen and oxygen atoms in total. The molecule has 0 saturated heterocycles. The van der Waals surface area contributed by atoms with E-state index in [1.165, 1.54) is 27.7 Å². The van der Waals surface area contributed by atoms with Gasteiger partial charge in [0.2, 0.25) is 0 Å². The van der Waals surface area contributed by atoms with Gasteiger partial charge < -0.3 is 10.3 Å². The molecule has 1 aromatic heterocycles. The van der Waals surface area contributed by atoms with E-state index in [1.807, 2.05) is 0 Å². The largest absolute Gasteiger partial charge is 0.357 e. The van der Waals surface area contributed by atoms with Crippen molar-refractivity contribution < 1.29 is 0 Å². The van der Waals surface area contributed by atoms with Crippen LogP contribution >= 0.6 is 0 Å². The highest BCUT2D eigenvalue weighted by Crippen LogP contribution is 2.33. The topological polar surface area (TPSA) is 27.8 Å².